The first-order valence-electron chi connectivity index (χ1n) is 9.29. The van der Waals surface area contributed by atoms with Crippen LogP contribution in [0.3, 0.4) is 0 Å². The SMILES string of the molecule is CCCc1cnc(-c2ccc3c(c2)C=Cc2ccccc2N(C(C)=O)C3)o1. The van der Waals surface area contributed by atoms with Crippen molar-refractivity contribution >= 4 is 23.7 Å². The van der Waals surface area contributed by atoms with Crippen LogP contribution in [0.2, 0.25) is 0 Å². The normalized spacial score (nSPS) is 12.9. The van der Waals surface area contributed by atoms with Crippen LogP contribution in [-0.4, -0.2) is 10.9 Å². The standard InChI is InChI=1S/C23H22N2O2/c1-3-6-21-14-24-23(27-21)19-11-12-20-15-25(16(2)26)22-8-5-4-7-17(22)9-10-18(20)13-19/h4-5,7-14H,3,6,15H2,1-2H3. The van der Waals surface area contributed by atoms with Crippen molar-refractivity contribution in [3.05, 3.63) is 71.1 Å². The molecular weight excluding hydrogens is 336 g/mol. The van der Waals surface area contributed by atoms with Crippen LogP contribution in [-0.2, 0) is 17.8 Å². The Balaban J connectivity index is 1.76. The maximum atomic E-state index is 12.3. The van der Waals surface area contributed by atoms with Crippen molar-refractivity contribution in [2.75, 3.05) is 4.90 Å². The van der Waals surface area contributed by atoms with Crippen molar-refractivity contribution in [2.45, 2.75) is 33.2 Å². The zero-order chi connectivity index (χ0) is 18.8. The highest BCUT2D eigenvalue weighted by atomic mass is 16.4. The van der Waals surface area contributed by atoms with E-state index >= 15 is 0 Å². The quantitative estimate of drug-likeness (QED) is 0.635. The summed E-state index contributed by atoms with van der Waals surface area (Å²) in [4.78, 5) is 18.5. The molecule has 4 heteroatoms. The lowest BCUT2D eigenvalue weighted by atomic mass is 9.99. The Morgan fingerprint density at radius 1 is 1.15 bits per heavy atom. The van der Waals surface area contributed by atoms with Gasteiger partial charge in [-0.2, -0.15) is 0 Å². The van der Waals surface area contributed by atoms with Gasteiger partial charge in [0.1, 0.15) is 5.76 Å². The molecule has 3 aromatic rings. The number of anilines is 1. The molecule has 0 spiro atoms. The average molecular weight is 358 g/mol. The molecule has 4 rings (SSSR count). The van der Waals surface area contributed by atoms with Gasteiger partial charge in [-0.25, -0.2) is 4.98 Å². The number of para-hydroxylation sites is 1. The highest BCUT2D eigenvalue weighted by Crippen LogP contribution is 2.31. The lowest BCUT2D eigenvalue weighted by Crippen LogP contribution is -2.29. The third-order valence-corrected chi connectivity index (χ3v) is 4.82. The molecule has 0 radical (unpaired) electrons. The molecule has 0 saturated heterocycles. The lowest BCUT2D eigenvalue weighted by Gasteiger charge is -2.26. The molecule has 0 saturated carbocycles. The third kappa shape index (κ3) is 3.43. The van der Waals surface area contributed by atoms with Gasteiger partial charge in [0.2, 0.25) is 11.8 Å². The van der Waals surface area contributed by atoms with Gasteiger partial charge in [-0.15, -0.1) is 0 Å². The predicted molar refractivity (Wildman–Crippen MR) is 108 cm³/mol. The van der Waals surface area contributed by atoms with E-state index in [1.807, 2.05) is 35.2 Å². The fraction of sp³-hybridized carbons (Fsp3) is 0.217. The topological polar surface area (TPSA) is 46.3 Å². The van der Waals surface area contributed by atoms with Gasteiger partial charge in [-0.3, -0.25) is 4.79 Å². The van der Waals surface area contributed by atoms with Crippen LogP contribution in [0, 0.1) is 0 Å². The summed E-state index contributed by atoms with van der Waals surface area (Å²) in [5.74, 6) is 1.58. The number of fused-ring (bicyclic) bond motifs is 2. The maximum Gasteiger partial charge on any atom is 0.226 e. The lowest BCUT2D eigenvalue weighted by molar-refractivity contribution is -0.116. The Morgan fingerprint density at radius 3 is 2.78 bits per heavy atom. The molecule has 4 nitrogen and oxygen atoms in total. The average Bonchev–Trinajstić information content (AvgIpc) is 3.12. The molecule has 0 unspecified atom stereocenters. The van der Waals surface area contributed by atoms with Crippen LogP contribution < -0.4 is 4.90 Å². The fourth-order valence-corrected chi connectivity index (χ4v) is 3.42. The van der Waals surface area contributed by atoms with Crippen LogP contribution >= 0.6 is 0 Å². The smallest absolute Gasteiger partial charge is 0.226 e. The van der Waals surface area contributed by atoms with E-state index in [9.17, 15) is 4.79 Å². The summed E-state index contributed by atoms with van der Waals surface area (Å²) in [6, 6.07) is 14.1. The molecule has 2 heterocycles. The summed E-state index contributed by atoms with van der Waals surface area (Å²) in [6.45, 7) is 4.27. The number of hydrogen-bond acceptors (Lipinski definition) is 3. The molecule has 1 aromatic heterocycles. The van der Waals surface area contributed by atoms with Crippen LogP contribution in [0.1, 0.15) is 42.7 Å². The van der Waals surface area contributed by atoms with Crippen LogP contribution in [0.4, 0.5) is 5.69 Å². The third-order valence-electron chi connectivity index (χ3n) is 4.82. The first-order valence-corrected chi connectivity index (χ1v) is 9.29. The highest BCUT2D eigenvalue weighted by molar-refractivity contribution is 5.95. The number of oxazole rings is 1. The number of rotatable bonds is 3. The Kier molecular flexibility index (Phi) is 4.63. The molecule has 0 bridgehead atoms. The Hall–Kier alpha value is -3.14. The molecule has 2 aromatic carbocycles. The summed E-state index contributed by atoms with van der Waals surface area (Å²) in [7, 11) is 0. The Bertz CT molecular complexity index is 1020. The summed E-state index contributed by atoms with van der Waals surface area (Å²) in [5.41, 5.74) is 5.09. The molecule has 0 atom stereocenters. The molecule has 0 aliphatic carbocycles. The van der Waals surface area contributed by atoms with Gasteiger partial charge in [-0.1, -0.05) is 43.3 Å². The van der Waals surface area contributed by atoms with Crippen molar-refractivity contribution in [3.63, 3.8) is 0 Å². The molecule has 27 heavy (non-hydrogen) atoms. The van der Waals surface area contributed by atoms with E-state index in [0.717, 1.165) is 46.5 Å². The summed E-state index contributed by atoms with van der Waals surface area (Å²) < 4.78 is 5.87. The Labute approximate surface area is 159 Å². The maximum absolute atomic E-state index is 12.3. The van der Waals surface area contributed by atoms with Gasteiger partial charge in [-0.05, 0) is 41.3 Å². The minimum Gasteiger partial charge on any atom is -0.441 e. The van der Waals surface area contributed by atoms with Crippen molar-refractivity contribution in [1.82, 2.24) is 4.98 Å². The molecule has 1 aliphatic rings. The number of aromatic nitrogens is 1. The number of aryl methyl sites for hydroxylation is 1. The van der Waals surface area contributed by atoms with Crippen LogP contribution in [0.5, 0.6) is 0 Å². The largest absolute Gasteiger partial charge is 0.441 e. The van der Waals surface area contributed by atoms with E-state index in [1.165, 1.54) is 0 Å². The number of nitrogens with zero attached hydrogens (tertiary/aromatic N) is 2. The van der Waals surface area contributed by atoms with E-state index in [-0.39, 0.29) is 5.91 Å². The van der Waals surface area contributed by atoms with Crippen molar-refractivity contribution in [3.8, 4) is 11.5 Å². The van der Waals surface area contributed by atoms with Crippen LogP contribution in [0.25, 0.3) is 23.6 Å². The predicted octanol–water partition coefficient (Wildman–Crippen LogP) is 5.33. The monoisotopic (exact) mass is 358 g/mol. The van der Waals surface area contributed by atoms with Gasteiger partial charge >= 0.3 is 0 Å². The van der Waals surface area contributed by atoms with Gasteiger partial charge < -0.3 is 9.32 Å². The minimum atomic E-state index is 0.0321. The second kappa shape index (κ2) is 7.23. The molecule has 0 fully saturated rings. The number of hydrogen-bond donors (Lipinski definition) is 0. The number of benzene rings is 2. The number of amides is 1. The van der Waals surface area contributed by atoms with E-state index in [2.05, 4.69) is 36.2 Å². The molecular formula is C23H22N2O2. The van der Waals surface area contributed by atoms with Gasteiger partial charge in [0.05, 0.1) is 18.4 Å². The number of carbonyl (C=O) groups excluding carboxylic acids is 1. The number of carbonyl (C=O) groups is 1. The van der Waals surface area contributed by atoms with Gasteiger partial charge in [0.25, 0.3) is 0 Å². The van der Waals surface area contributed by atoms with Crippen molar-refractivity contribution in [1.29, 1.82) is 0 Å². The van der Waals surface area contributed by atoms with Crippen LogP contribution in [0.15, 0.2) is 53.1 Å². The zero-order valence-electron chi connectivity index (χ0n) is 15.6. The minimum absolute atomic E-state index is 0.0321. The summed E-state index contributed by atoms with van der Waals surface area (Å²) in [6.07, 6.45) is 7.89. The molecule has 1 aliphatic heterocycles. The van der Waals surface area contributed by atoms with Crippen molar-refractivity contribution in [2.24, 2.45) is 0 Å². The molecule has 136 valence electrons. The highest BCUT2D eigenvalue weighted by Gasteiger charge is 2.19. The zero-order valence-corrected chi connectivity index (χ0v) is 15.6. The van der Waals surface area contributed by atoms with E-state index in [0.29, 0.717) is 12.4 Å². The summed E-state index contributed by atoms with van der Waals surface area (Å²) >= 11 is 0. The molecule has 0 N–H and O–H groups in total. The van der Waals surface area contributed by atoms with E-state index < -0.39 is 0 Å². The molecule has 1 amide bonds. The second-order valence-electron chi connectivity index (χ2n) is 6.79. The van der Waals surface area contributed by atoms with E-state index in [4.69, 9.17) is 4.42 Å². The summed E-state index contributed by atoms with van der Waals surface area (Å²) in [5, 5.41) is 0. The van der Waals surface area contributed by atoms with Crippen molar-refractivity contribution < 1.29 is 9.21 Å². The Morgan fingerprint density at radius 2 is 1.96 bits per heavy atom. The first-order chi connectivity index (χ1) is 13.2. The second-order valence-corrected chi connectivity index (χ2v) is 6.79. The first kappa shape index (κ1) is 17.3. The van der Waals surface area contributed by atoms with Gasteiger partial charge in [0.15, 0.2) is 0 Å². The fourth-order valence-electron chi connectivity index (χ4n) is 3.42. The van der Waals surface area contributed by atoms with E-state index in [1.54, 1.807) is 13.1 Å². The van der Waals surface area contributed by atoms with Gasteiger partial charge in [0, 0.05) is 18.9 Å².